The lowest BCUT2D eigenvalue weighted by molar-refractivity contribution is 0.418. The van der Waals surface area contributed by atoms with Crippen LogP contribution < -0.4 is 11.2 Å². The minimum atomic E-state index is -0.167. The third kappa shape index (κ3) is 2.84. The Hall–Kier alpha value is -2.88. The molecule has 1 heterocycles. The van der Waals surface area contributed by atoms with Crippen molar-refractivity contribution in [3.63, 3.8) is 0 Å². The van der Waals surface area contributed by atoms with E-state index in [1.807, 2.05) is 60.7 Å². The molecule has 0 saturated heterocycles. The van der Waals surface area contributed by atoms with Crippen LogP contribution in [0.3, 0.4) is 0 Å². The van der Waals surface area contributed by atoms with Crippen molar-refractivity contribution in [3.8, 4) is 5.69 Å². The maximum atomic E-state index is 12.3. The highest BCUT2D eigenvalue weighted by molar-refractivity contribution is 5.36. The van der Waals surface area contributed by atoms with Gasteiger partial charge in [-0.3, -0.25) is 4.79 Å². The predicted molar refractivity (Wildman–Crippen MR) is 80.7 cm³/mol. The number of benzene rings is 2. The Labute approximate surface area is 121 Å². The van der Waals surface area contributed by atoms with Gasteiger partial charge in [-0.15, -0.1) is 0 Å². The zero-order valence-corrected chi connectivity index (χ0v) is 11.6. The van der Waals surface area contributed by atoms with Crippen LogP contribution in [0, 0.1) is 6.92 Å². The number of nitrogens with zero attached hydrogens (tertiary/aromatic N) is 2. The molecule has 0 aliphatic carbocycles. The molecule has 0 N–H and O–H groups in total. The monoisotopic (exact) mass is 278 g/mol. The minimum absolute atomic E-state index is 0.167. The molecular weight excluding hydrogens is 264 g/mol. The second kappa shape index (κ2) is 5.63. The maximum absolute atomic E-state index is 12.3. The van der Waals surface area contributed by atoms with Gasteiger partial charge in [-0.05, 0) is 31.2 Å². The third-order valence-electron chi connectivity index (χ3n) is 2.99. The molecule has 0 aliphatic rings. The Morgan fingerprint density at radius 1 is 0.952 bits per heavy atom. The van der Waals surface area contributed by atoms with Gasteiger partial charge in [-0.1, -0.05) is 36.4 Å². The summed E-state index contributed by atoms with van der Waals surface area (Å²) < 4.78 is 7.10. The average molecular weight is 278 g/mol. The summed E-state index contributed by atoms with van der Waals surface area (Å²) in [5, 5.41) is 0. The number of rotatable bonds is 2. The van der Waals surface area contributed by atoms with Crippen molar-refractivity contribution >= 4 is 5.69 Å². The van der Waals surface area contributed by atoms with Crippen LogP contribution in [0.25, 0.3) is 5.69 Å². The highest BCUT2D eigenvalue weighted by Crippen LogP contribution is 2.09. The van der Waals surface area contributed by atoms with Crippen LogP contribution in [-0.2, 0) is 0 Å². The van der Waals surface area contributed by atoms with Gasteiger partial charge in [-0.25, -0.2) is 4.57 Å². The zero-order valence-electron chi connectivity index (χ0n) is 11.6. The van der Waals surface area contributed by atoms with E-state index < -0.39 is 0 Å². The minimum Gasteiger partial charge on any atom is -0.430 e. The molecule has 0 unspecified atom stereocenters. The van der Waals surface area contributed by atoms with Gasteiger partial charge < -0.3 is 4.42 Å². The molecule has 4 nitrogen and oxygen atoms in total. The molecule has 0 bridgehead atoms. The number of aromatic nitrogens is 1. The van der Waals surface area contributed by atoms with E-state index in [0.717, 1.165) is 11.4 Å². The largest absolute Gasteiger partial charge is 0.430 e. The summed E-state index contributed by atoms with van der Waals surface area (Å²) in [4.78, 5) is 16.7. The Kier molecular flexibility index (Phi) is 3.51. The van der Waals surface area contributed by atoms with Crippen molar-refractivity contribution in [1.29, 1.82) is 0 Å². The Morgan fingerprint density at radius 2 is 1.57 bits per heavy atom. The normalized spacial score (nSPS) is 11.6. The molecule has 4 heteroatoms. The van der Waals surface area contributed by atoms with E-state index in [0.29, 0.717) is 5.76 Å². The van der Waals surface area contributed by atoms with E-state index in [1.54, 1.807) is 6.92 Å². The fourth-order valence-electron chi connectivity index (χ4n) is 2.05. The van der Waals surface area contributed by atoms with E-state index in [1.165, 1.54) is 10.6 Å². The molecule has 104 valence electrons. The summed E-state index contributed by atoms with van der Waals surface area (Å²) in [6.45, 7) is 1.74. The quantitative estimate of drug-likeness (QED) is 0.723. The van der Waals surface area contributed by atoms with E-state index in [9.17, 15) is 4.79 Å². The van der Waals surface area contributed by atoms with Crippen LogP contribution in [0.1, 0.15) is 5.76 Å². The average Bonchev–Trinajstić information content (AvgIpc) is 2.48. The van der Waals surface area contributed by atoms with Gasteiger partial charge in [0.25, 0.3) is 5.56 Å². The fraction of sp³-hybridized carbons (Fsp3) is 0.0588. The molecule has 0 atom stereocenters. The molecule has 21 heavy (non-hydrogen) atoms. The van der Waals surface area contributed by atoms with Crippen molar-refractivity contribution < 1.29 is 4.42 Å². The molecule has 0 amide bonds. The van der Waals surface area contributed by atoms with Crippen LogP contribution in [0.2, 0.25) is 0 Å². The topological polar surface area (TPSA) is 47.5 Å². The van der Waals surface area contributed by atoms with Crippen molar-refractivity contribution in [1.82, 2.24) is 4.57 Å². The van der Waals surface area contributed by atoms with Gasteiger partial charge in [0.15, 0.2) is 0 Å². The summed E-state index contributed by atoms with van der Waals surface area (Å²) in [5.74, 6) is 0.530. The lowest BCUT2D eigenvalue weighted by atomic mass is 10.3. The van der Waals surface area contributed by atoms with E-state index in [4.69, 9.17) is 4.42 Å². The Balaban J connectivity index is 2.30. The summed E-state index contributed by atoms with van der Waals surface area (Å²) in [5.41, 5.74) is 1.55. The fourth-order valence-corrected chi connectivity index (χ4v) is 2.05. The summed E-state index contributed by atoms with van der Waals surface area (Å²) >= 11 is 0. The van der Waals surface area contributed by atoms with Crippen molar-refractivity contribution in [2.24, 2.45) is 4.99 Å². The van der Waals surface area contributed by atoms with Crippen molar-refractivity contribution in [2.75, 3.05) is 0 Å². The molecule has 3 aromatic rings. The Bertz CT molecular complexity index is 863. The smallest absolute Gasteiger partial charge is 0.309 e. The van der Waals surface area contributed by atoms with E-state index >= 15 is 0 Å². The first-order valence-corrected chi connectivity index (χ1v) is 6.63. The lowest BCUT2D eigenvalue weighted by Crippen LogP contribution is -2.31. The van der Waals surface area contributed by atoms with Crippen LogP contribution in [-0.4, -0.2) is 4.57 Å². The maximum Gasteiger partial charge on any atom is 0.309 e. The SMILES string of the molecule is Cc1cc(=O)n(-c2ccccc2)c(=Nc2ccccc2)o1. The lowest BCUT2D eigenvalue weighted by Gasteiger charge is -2.06. The number of hydrogen-bond donors (Lipinski definition) is 0. The van der Waals surface area contributed by atoms with Crippen LogP contribution in [0.5, 0.6) is 0 Å². The van der Waals surface area contributed by atoms with Crippen LogP contribution in [0.4, 0.5) is 5.69 Å². The number of aryl methyl sites for hydroxylation is 1. The summed E-state index contributed by atoms with van der Waals surface area (Å²) in [6.07, 6.45) is 0. The van der Waals surface area contributed by atoms with Crippen molar-refractivity contribution in [3.05, 3.63) is 88.5 Å². The second-order valence-corrected chi connectivity index (χ2v) is 4.60. The van der Waals surface area contributed by atoms with Gasteiger partial charge in [0.05, 0.1) is 11.4 Å². The number of para-hydroxylation sites is 2. The van der Waals surface area contributed by atoms with Crippen molar-refractivity contribution in [2.45, 2.75) is 6.92 Å². The van der Waals surface area contributed by atoms with E-state index in [2.05, 4.69) is 4.99 Å². The molecule has 0 fully saturated rings. The molecular formula is C17H14N2O2. The zero-order chi connectivity index (χ0) is 14.7. The molecule has 2 aromatic carbocycles. The second-order valence-electron chi connectivity index (χ2n) is 4.60. The highest BCUT2D eigenvalue weighted by Gasteiger charge is 2.05. The standard InChI is InChI=1S/C17H14N2O2/c1-13-12-16(20)19(15-10-6-3-7-11-15)17(21-13)18-14-8-4-2-5-9-14/h2-12H,1H3. The van der Waals surface area contributed by atoms with Gasteiger partial charge >= 0.3 is 5.68 Å². The molecule has 0 radical (unpaired) electrons. The summed E-state index contributed by atoms with van der Waals surface area (Å²) in [7, 11) is 0. The van der Waals surface area contributed by atoms with Crippen LogP contribution >= 0.6 is 0 Å². The van der Waals surface area contributed by atoms with Gasteiger partial charge in [-0.2, -0.15) is 4.99 Å². The van der Waals surface area contributed by atoms with Gasteiger partial charge in [0.2, 0.25) is 0 Å². The van der Waals surface area contributed by atoms with E-state index in [-0.39, 0.29) is 11.2 Å². The van der Waals surface area contributed by atoms with Crippen LogP contribution in [0.15, 0.2) is 80.9 Å². The molecule has 0 aliphatic heterocycles. The molecule has 3 rings (SSSR count). The first kappa shape index (κ1) is 13.1. The third-order valence-corrected chi connectivity index (χ3v) is 2.99. The molecule has 1 aromatic heterocycles. The highest BCUT2D eigenvalue weighted by atomic mass is 16.3. The van der Waals surface area contributed by atoms with Gasteiger partial charge in [0.1, 0.15) is 5.76 Å². The first-order valence-electron chi connectivity index (χ1n) is 6.63. The molecule has 0 saturated carbocycles. The Morgan fingerprint density at radius 3 is 2.24 bits per heavy atom. The number of hydrogen-bond acceptors (Lipinski definition) is 3. The van der Waals surface area contributed by atoms with Gasteiger partial charge in [0, 0.05) is 6.07 Å². The predicted octanol–water partition coefficient (Wildman–Crippen LogP) is 2.97. The first-order chi connectivity index (χ1) is 10.2. The molecule has 0 spiro atoms. The summed E-state index contributed by atoms with van der Waals surface area (Å²) in [6, 6.07) is 20.2.